The zero-order valence-corrected chi connectivity index (χ0v) is 18.3. The summed E-state index contributed by atoms with van der Waals surface area (Å²) in [4.78, 5) is 0.324. The first-order valence-corrected chi connectivity index (χ1v) is 11.0. The minimum Gasteiger partial charge on any atom is -0.280 e. The van der Waals surface area contributed by atoms with Gasteiger partial charge in [0.2, 0.25) is 0 Å². The summed E-state index contributed by atoms with van der Waals surface area (Å²) in [6.07, 6.45) is 0. The summed E-state index contributed by atoms with van der Waals surface area (Å²) in [6.45, 7) is 12.7. The predicted molar refractivity (Wildman–Crippen MR) is 119 cm³/mol. The first-order valence-electron chi connectivity index (χ1n) is 9.54. The number of anilines is 1. The second-order valence-corrected chi connectivity index (χ2v) is 11.0. The minimum atomic E-state index is -3.73. The predicted octanol–water partition coefficient (Wildman–Crippen LogP) is 6.24. The van der Waals surface area contributed by atoms with E-state index in [1.165, 1.54) is 0 Å². The van der Waals surface area contributed by atoms with Crippen molar-refractivity contribution in [3.05, 3.63) is 71.8 Å². The molecule has 0 fully saturated rings. The largest absolute Gasteiger partial charge is 0.280 e. The Hall–Kier alpha value is -2.33. The van der Waals surface area contributed by atoms with Gasteiger partial charge in [-0.2, -0.15) is 0 Å². The fourth-order valence-electron chi connectivity index (χ4n) is 3.16. The van der Waals surface area contributed by atoms with E-state index >= 15 is 0 Å². The van der Waals surface area contributed by atoms with Crippen LogP contribution >= 0.6 is 0 Å². The minimum absolute atomic E-state index is 0.0647. The number of hydrogen-bond acceptors (Lipinski definition) is 2. The highest BCUT2D eigenvalue weighted by molar-refractivity contribution is 7.93. The number of benzene rings is 3. The molecule has 0 heterocycles. The van der Waals surface area contributed by atoms with Crippen molar-refractivity contribution in [3.8, 4) is 0 Å². The molecule has 0 aliphatic rings. The molecule has 3 aromatic rings. The first kappa shape index (κ1) is 20.4. The normalized spacial score (nSPS) is 12.9. The van der Waals surface area contributed by atoms with Crippen LogP contribution in [0.3, 0.4) is 0 Å². The van der Waals surface area contributed by atoms with Crippen LogP contribution in [0.4, 0.5) is 5.69 Å². The molecular weight excluding hydrogens is 366 g/mol. The average molecular weight is 396 g/mol. The number of rotatable bonds is 3. The van der Waals surface area contributed by atoms with Crippen molar-refractivity contribution in [1.82, 2.24) is 0 Å². The lowest BCUT2D eigenvalue weighted by Crippen LogP contribution is -2.17. The number of para-hydroxylation sites is 1. The van der Waals surface area contributed by atoms with Gasteiger partial charge in [0.05, 0.1) is 4.90 Å². The van der Waals surface area contributed by atoms with Gasteiger partial charge < -0.3 is 0 Å². The van der Waals surface area contributed by atoms with Gasteiger partial charge in [0.1, 0.15) is 0 Å². The Labute approximate surface area is 168 Å². The quantitative estimate of drug-likeness (QED) is 0.571. The number of hydrogen-bond donors (Lipinski definition) is 1. The van der Waals surface area contributed by atoms with Gasteiger partial charge in [-0.15, -0.1) is 0 Å². The van der Waals surface area contributed by atoms with Crippen LogP contribution in [-0.4, -0.2) is 8.42 Å². The molecule has 4 heteroatoms. The molecule has 0 atom stereocenters. The summed E-state index contributed by atoms with van der Waals surface area (Å²) in [5.41, 5.74) is 2.44. The highest BCUT2D eigenvalue weighted by Gasteiger charge is 2.24. The third-order valence-corrected chi connectivity index (χ3v) is 6.39. The summed E-state index contributed by atoms with van der Waals surface area (Å²) in [6, 6.07) is 19.1. The zero-order chi connectivity index (χ0) is 20.7. The summed E-state index contributed by atoms with van der Waals surface area (Å²) < 4.78 is 29.4. The number of sulfonamides is 1. The van der Waals surface area contributed by atoms with E-state index in [1.54, 1.807) is 12.1 Å². The molecule has 1 N–H and O–H groups in total. The molecule has 3 rings (SSSR count). The number of nitrogens with one attached hydrogen (secondary N) is 1. The van der Waals surface area contributed by atoms with Gasteiger partial charge in [-0.1, -0.05) is 77.9 Å². The Morgan fingerprint density at radius 2 is 1.32 bits per heavy atom. The Morgan fingerprint density at radius 3 is 1.89 bits per heavy atom. The first-order chi connectivity index (χ1) is 12.9. The van der Waals surface area contributed by atoms with E-state index in [0.717, 1.165) is 21.9 Å². The Morgan fingerprint density at radius 1 is 0.714 bits per heavy atom. The van der Waals surface area contributed by atoms with Crippen molar-refractivity contribution in [2.75, 3.05) is 4.72 Å². The summed E-state index contributed by atoms with van der Waals surface area (Å²) in [5.74, 6) is 0. The van der Waals surface area contributed by atoms with Gasteiger partial charge >= 0.3 is 0 Å². The average Bonchev–Trinajstić information content (AvgIpc) is 2.59. The maximum Gasteiger partial charge on any atom is 0.262 e. The fraction of sp³-hybridized carbons (Fsp3) is 0.333. The Kier molecular flexibility index (Phi) is 5.05. The Balaban J connectivity index is 2.28. The van der Waals surface area contributed by atoms with E-state index in [4.69, 9.17) is 0 Å². The molecule has 3 aromatic carbocycles. The molecule has 0 aliphatic carbocycles. The molecule has 0 aliphatic heterocycles. The van der Waals surface area contributed by atoms with E-state index in [9.17, 15) is 8.42 Å². The van der Waals surface area contributed by atoms with Gasteiger partial charge in [-0.05, 0) is 51.6 Å². The summed E-state index contributed by atoms with van der Waals surface area (Å²) in [5, 5.41) is 1.69. The lowest BCUT2D eigenvalue weighted by molar-refractivity contribution is 0.585. The van der Waals surface area contributed by atoms with Gasteiger partial charge in [0.15, 0.2) is 0 Å². The SMILES string of the molecule is CC(C)(C)c1cc(S(=O)(=O)Nc2ccccc2)c2cc(C(C)(C)C)ccc2c1. The maximum absolute atomic E-state index is 13.3. The van der Waals surface area contributed by atoms with Crippen LogP contribution < -0.4 is 4.72 Å². The van der Waals surface area contributed by atoms with Crippen molar-refractivity contribution >= 4 is 26.5 Å². The molecular formula is C24H29NO2S. The highest BCUT2D eigenvalue weighted by Crippen LogP contribution is 2.35. The van der Waals surface area contributed by atoms with E-state index in [1.807, 2.05) is 36.4 Å². The van der Waals surface area contributed by atoms with Crippen molar-refractivity contribution < 1.29 is 8.42 Å². The van der Waals surface area contributed by atoms with Crippen LogP contribution in [0.2, 0.25) is 0 Å². The molecule has 28 heavy (non-hydrogen) atoms. The molecule has 0 saturated carbocycles. The van der Waals surface area contributed by atoms with Gasteiger partial charge in [-0.3, -0.25) is 4.72 Å². The molecule has 0 unspecified atom stereocenters. The molecule has 0 radical (unpaired) electrons. The number of fused-ring (bicyclic) bond motifs is 1. The van der Waals surface area contributed by atoms with Crippen molar-refractivity contribution in [3.63, 3.8) is 0 Å². The van der Waals surface area contributed by atoms with Gasteiger partial charge in [-0.25, -0.2) is 8.42 Å². The van der Waals surface area contributed by atoms with Crippen LogP contribution in [-0.2, 0) is 20.9 Å². The molecule has 3 nitrogen and oxygen atoms in total. The summed E-state index contributed by atoms with van der Waals surface area (Å²) in [7, 11) is -3.73. The van der Waals surface area contributed by atoms with Crippen molar-refractivity contribution in [1.29, 1.82) is 0 Å². The monoisotopic (exact) mass is 395 g/mol. The third kappa shape index (κ3) is 4.22. The standard InChI is InChI=1S/C24H29NO2S/c1-23(2,3)18-13-12-17-14-19(24(4,5)6)16-22(21(17)15-18)28(26,27)25-20-10-8-7-9-11-20/h7-16,25H,1-6H3. The summed E-state index contributed by atoms with van der Waals surface area (Å²) >= 11 is 0. The van der Waals surface area contributed by atoms with Crippen LogP contribution in [0.25, 0.3) is 10.8 Å². The molecule has 0 amide bonds. The fourth-order valence-corrected chi connectivity index (χ4v) is 4.47. The van der Waals surface area contributed by atoms with Crippen LogP contribution in [0.5, 0.6) is 0 Å². The lowest BCUT2D eigenvalue weighted by Gasteiger charge is -2.24. The van der Waals surface area contributed by atoms with E-state index < -0.39 is 10.0 Å². The molecule has 0 saturated heterocycles. The maximum atomic E-state index is 13.3. The molecule has 148 valence electrons. The van der Waals surface area contributed by atoms with E-state index in [2.05, 4.69) is 58.4 Å². The lowest BCUT2D eigenvalue weighted by atomic mass is 9.83. The highest BCUT2D eigenvalue weighted by atomic mass is 32.2. The third-order valence-electron chi connectivity index (χ3n) is 4.96. The van der Waals surface area contributed by atoms with Gasteiger partial charge in [0, 0.05) is 11.1 Å². The zero-order valence-electron chi connectivity index (χ0n) is 17.5. The second kappa shape index (κ2) is 6.93. The Bertz CT molecular complexity index is 1100. The van der Waals surface area contributed by atoms with E-state index in [0.29, 0.717) is 10.6 Å². The van der Waals surface area contributed by atoms with Crippen molar-refractivity contribution in [2.24, 2.45) is 0 Å². The van der Waals surface area contributed by atoms with Crippen LogP contribution in [0, 0.1) is 0 Å². The van der Waals surface area contributed by atoms with E-state index in [-0.39, 0.29) is 10.8 Å². The van der Waals surface area contributed by atoms with Crippen LogP contribution in [0.1, 0.15) is 52.7 Å². The van der Waals surface area contributed by atoms with Crippen molar-refractivity contribution in [2.45, 2.75) is 57.3 Å². The topological polar surface area (TPSA) is 46.2 Å². The van der Waals surface area contributed by atoms with Gasteiger partial charge in [0.25, 0.3) is 10.0 Å². The molecule has 0 bridgehead atoms. The second-order valence-electron chi connectivity index (χ2n) is 9.38. The smallest absolute Gasteiger partial charge is 0.262 e. The molecule has 0 spiro atoms. The van der Waals surface area contributed by atoms with Crippen LogP contribution in [0.15, 0.2) is 65.6 Å². The molecule has 0 aromatic heterocycles.